The number of benzene rings is 1. The lowest BCUT2D eigenvalue weighted by Crippen LogP contribution is -1.96. The number of ether oxygens (including phenoxy) is 1. The SMILES string of the molecule is C=CC[C@@H](O)c1cc(O)cc(OC)c1. The first-order valence-corrected chi connectivity index (χ1v) is 4.34. The third kappa shape index (κ3) is 2.50. The van der Waals surface area contributed by atoms with Gasteiger partial charge in [-0.05, 0) is 24.1 Å². The van der Waals surface area contributed by atoms with Gasteiger partial charge in [0.05, 0.1) is 13.2 Å². The molecule has 76 valence electrons. The van der Waals surface area contributed by atoms with Gasteiger partial charge < -0.3 is 14.9 Å². The average molecular weight is 194 g/mol. The Morgan fingerprint density at radius 1 is 1.50 bits per heavy atom. The molecule has 0 unspecified atom stereocenters. The van der Waals surface area contributed by atoms with Crippen molar-refractivity contribution in [3.05, 3.63) is 36.4 Å². The fourth-order valence-corrected chi connectivity index (χ4v) is 1.21. The first-order valence-electron chi connectivity index (χ1n) is 4.34. The number of rotatable bonds is 4. The van der Waals surface area contributed by atoms with Crippen molar-refractivity contribution in [2.24, 2.45) is 0 Å². The zero-order chi connectivity index (χ0) is 10.6. The van der Waals surface area contributed by atoms with E-state index >= 15 is 0 Å². The molecule has 1 aromatic carbocycles. The molecule has 0 saturated heterocycles. The Kier molecular flexibility index (Phi) is 3.54. The predicted molar refractivity (Wildman–Crippen MR) is 54.4 cm³/mol. The predicted octanol–water partition coefficient (Wildman–Crippen LogP) is 2.01. The van der Waals surface area contributed by atoms with Crippen LogP contribution >= 0.6 is 0 Å². The molecule has 0 bridgehead atoms. The number of phenolic OH excluding ortho intramolecular Hbond substituents is 1. The van der Waals surface area contributed by atoms with E-state index < -0.39 is 6.10 Å². The van der Waals surface area contributed by atoms with E-state index in [1.807, 2.05) is 0 Å². The Morgan fingerprint density at radius 3 is 2.79 bits per heavy atom. The van der Waals surface area contributed by atoms with Gasteiger partial charge in [0.2, 0.25) is 0 Å². The lowest BCUT2D eigenvalue weighted by molar-refractivity contribution is 0.181. The summed E-state index contributed by atoms with van der Waals surface area (Å²) in [5.41, 5.74) is 0.627. The molecule has 0 amide bonds. The van der Waals surface area contributed by atoms with Gasteiger partial charge in [0.1, 0.15) is 11.5 Å². The summed E-state index contributed by atoms with van der Waals surface area (Å²) in [6.07, 6.45) is 1.43. The largest absolute Gasteiger partial charge is 0.508 e. The third-order valence-electron chi connectivity index (χ3n) is 1.92. The van der Waals surface area contributed by atoms with Crippen LogP contribution in [0.5, 0.6) is 11.5 Å². The fraction of sp³-hybridized carbons (Fsp3) is 0.273. The normalized spacial score (nSPS) is 12.1. The molecule has 0 aliphatic carbocycles. The van der Waals surface area contributed by atoms with Gasteiger partial charge in [0, 0.05) is 6.07 Å². The van der Waals surface area contributed by atoms with E-state index in [9.17, 15) is 10.2 Å². The number of aliphatic hydroxyl groups is 1. The van der Waals surface area contributed by atoms with Gasteiger partial charge in [-0.1, -0.05) is 6.08 Å². The monoisotopic (exact) mass is 194 g/mol. The van der Waals surface area contributed by atoms with Gasteiger partial charge in [0.15, 0.2) is 0 Å². The van der Waals surface area contributed by atoms with E-state index in [1.165, 1.54) is 19.2 Å². The first kappa shape index (κ1) is 10.6. The first-order chi connectivity index (χ1) is 6.67. The average Bonchev–Trinajstić information content (AvgIpc) is 2.17. The number of hydrogen-bond donors (Lipinski definition) is 2. The van der Waals surface area contributed by atoms with Crippen LogP contribution in [0.15, 0.2) is 30.9 Å². The Balaban J connectivity index is 2.96. The van der Waals surface area contributed by atoms with Crippen molar-refractivity contribution in [3.63, 3.8) is 0 Å². The summed E-state index contributed by atoms with van der Waals surface area (Å²) in [6, 6.07) is 4.69. The highest BCUT2D eigenvalue weighted by atomic mass is 16.5. The van der Waals surface area contributed by atoms with Crippen LogP contribution in [0.25, 0.3) is 0 Å². The number of aromatic hydroxyl groups is 1. The van der Waals surface area contributed by atoms with Gasteiger partial charge in [-0.3, -0.25) is 0 Å². The second kappa shape index (κ2) is 4.67. The molecule has 2 N–H and O–H groups in total. The molecule has 14 heavy (non-hydrogen) atoms. The maximum absolute atomic E-state index is 9.63. The van der Waals surface area contributed by atoms with Crippen LogP contribution in [-0.4, -0.2) is 17.3 Å². The van der Waals surface area contributed by atoms with Gasteiger partial charge in [-0.25, -0.2) is 0 Å². The smallest absolute Gasteiger partial charge is 0.122 e. The second-order valence-electron chi connectivity index (χ2n) is 3.00. The minimum atomic E-state index is -0.645. The van der Waals surface area contributed by atoms with Gasteiger partial charge >= 0.3 is 0 Å². The summed E-state index contributed by atoms with van der Waals surface area (Å²) in [6.45, 7) is 3.54. The molecule has 1 rings (SSSR count). The molecule has 0 spiro atoms. The highest BCUT2D eigenvalue weighted by Crippen LogP contribution is 2.27. The van der Waals surface area contributed by atoms with Crippen LogP contribution in [-0.2, 0) is 0 Å². The highest BCUT2D eigenvalue weighted by Gasteiger charge is 2.08. The molecule has 0 radical (unpaired) electrons. The zero-order valence-corrected chi connectivity index (χ0v) is 8.10. The van der Waals surface area contributed by atoms with Crippen molar-refractivity contribution in [2.75, 3.05) is 7.11 Å². The Labute approximate surface area is 83.3 Å². The molecular formula is C11H14O3. The summed E-state index contributed by atoms with van der Waals surface area (Å²) < 4.78 is 4.97. The van der Waals surface area contributed by atoms with Crippen LogP contribution in [0.3, 0.4) is 0 Å². The minimum Gasteiger partial charge on any atom is -0.508 e. The minimum absolute atomic E-state index is 0.0856. The van der Waals surface area contributed by atoms with Crippen molar-refractivity contribution in [1.29, 1.82) is 0 Å². The number of phenols is 1. The van der Waals surface area contributed by atoms with Crippen molar-refractivity contribution in [1.82, 2.24) is 0 Å². The molecular weight excluding hydrogens is 180 g/mol. The van der Waals surface area contributed by atoms with Crippen LogP contribution < -0.4 is 4.74 Å². The lowest BCUT2D eigenvalue weighted by atomic mass is 10.1. The molecule has 3 nitrogen and oxygen atoms in total. The second-order valence-corrected chi connectivity index (χ2v) is 3.00. The standard InChI is InChI=1S/C11H14O3/c1-3-4-11(13)8-5-9(12)7-10(6-8)14-2/h3,5-7,11-13H,1,4H2,2H3/t11-/m1/s1. The molecule has 0 aromatic heterocycles. The highest BCUT2D eigenvalue weighted by molar-refractivity contribution is 5.38. The summed E-state index contributed by atoms with van der Waals surface area (Å²) in [5.74, 6) is 0.616. The lowest BCUT2D eigenvalue weighted by Gasteiger charge is -2.10. The van der Waals surface area contributed by atoms with E-state index in [-0.39, 0.29) is 5.75 Å². The number of methoxy groups -OCH3 is 1. The Hall–Kier alpha value is -1.48. The summed E-state index contributed by atoms with van der Waals surface area (Å²) in [5, 5.41) is 19.0. The third-order valence-corrected chi connectivity index (χ3v) is 1.92. The number of aliphatic hydroxyl groups excluding tert-OH is 1. The molecule has 1 atom stereocenters. The molecule has 0 heterocycles. The van der Waals surface area contributed by atoms with Crippen LogP contribution in [0.4, 0.5) is 0 Å². The Bertz CT molecular complexity index is 320. The maximum Gasteiger partial charge on any atom is 0.122 e. The summed E-state index contributed by atoms with van der Waals surface area (Å²) in [7, 11) is 1.51. The molecule has 0 aliphatic heterocycles. The Morgan fingerprint density at radius 2 is 2.21 bits per heavy atom. The molecule has 0 aliphatic rings. The molecule has 3 heteroatoms. The van der Waals surface area contributed by atoms with Crippen molar-refractivity contribution in [2.45, 2.75) is 12.5 Å². The maximum atomic E-state index is 9.63. The van der Waals surface area contributed by atoms with Gasteiger partial charge in [0.25, 0.3) is 0 Å². The van der Waals surface area contributed by atoms with Crippen LogP contribution in [0, 0.1) is 0 Å². The topological polar surface area (TPSA) is 49.7 Å². The van der Waals surface area contributed by atoms with Crippen molar-refractivity contribution < 1.29 is 14.9 Å². The van der Waals surface area contributed by atoms with Crippen LogP contribution in [0.2, 0.25) is 0 Å². The summed E-state index contributed by atoms with van der Waals surface area (Å²) in [4.78, 5) is 0. The summed E-state index contributed by atoms with van der Waals surface area (Å²) >= 11 is 0. The molecule has 0 saturated carbocycles. The molecule has 0 fully saturated rings. The zero-order valence-electron chi connectivity index (χ0n) is 8.10. The van der Waals surface area contributed by atoms with Gasteiger partial charge in [-0.15, -0.1) is 6.58 Å². The van der Waals surface area contributed by atoms with E-state index in [4.69, 9.17) is 4.74 Å². The van der Waals surface area contributed by atoms with Gasteiger partial charge in [-0.2, -0.15) is 0 Å². The van der Waals surface area contributed by atoms with Crippen molar-refractivity contribution in [3.8, 4) is 11.5 Å². The van der Waals surface area contributed by atoms with Crippen LogP contribution in [0.1, 0.15) is 18.1 Å². The van der Waals surface area contributed by atoms with E-state index in [2.05, 4.69) is 6.58 Å². The van der Waals surface area contributed by atoms with E-state index in [1.54, 1.807) is 12.1 Å². The van der Waals surface area contributed by atoms with E-state index in [0.717, 1.165) is 0 Å². The van der Waals surface area contributed by atoms with Crippen molar-refractivity contribution >= 4 is 0 Å². The quantitative estimate of drug-likeness (QED) is 0.721. The van der Waals surface area contributed by atoms with E-state index in [0.29, 0.717) is 17.7 Å². The molecule has 1 aromatic rings. The number of hydrogen-bond acceptors (Lipinski definition) is 3. The fourth-order valence-electron chi connectivity index (χ4n) is 1.21.